The topological polar surface area (TPSA) is 46.5 Å². The number of ether oxygens (including phenoxy) is 1. The molecular formula is C23H33N3O2. The van der Waals surface area contributed by atoms with Crippen LogP contribution in [0.15, 0.2) is 18.2 Å². The van der Waals surface area contributed by atoms with E-state index in [1.54, 1.807) is 0 Å². The molecule has 2 aliphatic rings. The average molecular weight is 384 g/mol. The smallest absolute Gasteiger partial charge is 0.220 e. The van der Waals surface area contributed by atoms with E-state index >= 15 is 0 Å². The average Bonchev–Trinajstić information content (AvgIpc) is 3.07. The molecule has 3 heterocycles. The SMILES string of the molecule is CCOc1ccc2c(c1)c(CN1CC[C@@]3(C)NC(=O)CCCC[C@@H]13)c(C)n2C. The molecule has 2 fully saturated rings. The first-order chi connectivity index (χ1) is 13.4. The Bertz CT molecular complexity index is 888. The molecule has 0 radical (unpaired) electrons. The standard InChI is InChI=1S/C23H33N3O2/c1-5-28-17-10-11-20-18(14-17)19(16(2)25(20)4)15-26-13-12-23(3)21(26)8-6-7-9-22(27)24-23/h10-11,14,21H,5-9,12-13,15H2,1-4H3,(H,24,27)/t21-,23-/m1/s1. The van der Waals surface area contributed by atoms with E-state index in [-0.39, 0.29) is 11.4 Å². The number of carbonyl (C=O) groups is 1. The van der Waals surface area contributed by atoms with Crippen molar-refractivity contribution in [1.29, 1.82) is 0 Å². The summed E-state index contributed by atoms with van der Waals surface area (Å²) in [5.41, 5.74) is 3.85. The number of carbonyl (C=O) groups excluding carboxylic acids is 1. The van der Waals surface area contributed by atoms with Gasteiger partial charge in [0.1, 0.15) is 5.75 Å². The molecule has 2 aliphatic heterocycles. The number of rotatable bonds is 4. The van der Waals surface area contributed by atoms with Gasteiger partial charge in [-0.15, -0.1) is 0 Å². The van der Waals surface area contributed by atoms with E-state index in [4.69, 9.17) is 4.74 Å². The van der Waals surface area contributed by atoms with Crippen molar-refractivity contribution in [2.75, 3.05) is 13.2 Å². The Hall–Kier alpha value is -2.01. The maximum Gasteiger partial charge on any atom is 0.220 e. The van der Waals surface area contributed by atoms with Gasteiger partial charge < -0.3 is 14.6 Å². The van der Waals surface area contributed by atoms with E-state index in [1.165, 1.54) is 22.2 Å². The van der Waals surface area contributed by atoms with Crippen LogP contribution in [0.25, 0.3) is 10.9 Å². The first-order valence-electron chi connectivity index (χ1n) is 10.7. The second-order valence-electron chi connectivity index (χ2n) is 8.68. The predicted octanol–water partition coefficient (Wildman–Crippen LogP) is 3.91. The van der Waals surface area contributed by atoms with Crippen molar-refractivity contribution in [2.24, 2.45) is 7.05 Å². The number of nitrogens with one attached hydrogen (secondary N) is 1. The summed E-state index contributed by atoms with van der Waals surface area (Å²) in [6.45, 7) is 9.11. The second kappa shape index (κ2) is 7.43. The van der Waals surface area contributed by atoms with Crippen molar-refractivity contribution in [1.82, 2.24) is 14.8 Å². The molecule has 1 amide bonds. The van der Waals surface area contributed by atoms with Crippen LogP contribution in [0.3, 0.4) is 0 Å². The predicted molar refractivity (Wildman–Crippen MR) is 113 cm³/mol. The third kappa shape index (κ3) is 3.30. The molecule has 1 aromatic carbocycles. The monoisotopic (exact) mass is 383 g/mol. The van der Waals surface area contributed by atoms with Crippen molar-refractivity contribution >= 4 is 16.8 Å². The molecular weight excluding hydrogens is 350 g/mol. The highest BCUT2D eigenvalue weighted by Crippen LogP contribution is 2.37. The zero-order valence-corrected chi connectivity index (χ0v) is 17.7. The summed E-state index contributed by atoms with van der Waals surface area (Å²) >= 11 is 0. The summed E-state index contributed by atoms with van der Waals surface area (Å²) in [6.07, 6.45) is 4.98. The maximum absolute atomic E-state index is 12.2. The number of nitrogens with zero attached hydrogens (tertiary/aromatic N) is 2. The van der Waals surface area contributed by atoms with Crippen LogP contribution < -0.4 is 10.1 Å². The van der Waals surface area contributed by atoms with Crippen molar-refractivity contribution in [3.63, 3.8) is 0 Å². The van der Waals surface area contributed by atoms with Crippen LogP contribution in [0.2, 0.25) is 0 Å². The Kier molecular flexibility index (Phi) is 5.13. The summed E-state index contributed by atoms with van der Waals surface area (Å²) in [5.74, 6) is 1.16. The Morgan fingerprint density at radius 3 is 2.93 bits per heavy atom. The third-order valence-corrected chi connectivity index (χ3v) is 6.92. The lowest BCUT2D eigenvalue weighted by molar-refractivity contribution is -0.123. The van der Waals surface area contributed by atoms with Crippen molar-refractivity contribution in [3.8, 4) is 5.75 Å². The highest BCUT2D eigenvalue weighted by molar-refractivity contribution is 5.86. The fourth-order valence-corrected chi connectivity index (χ4v) is 5.23. The van der Waals surface area contributed by atoms with E-state index in [0.717, 1.165) is 44.5 Å². The summed E-state index contributed by atoms with van der Waals surface area (Å²) in [6, 6.07) is 6.82. The van der Waals surface area contributed by atoms with Gasteiger partial charge in [0, 0.05) is 49.2 Å². The number of hydrogen-bond acceptors (Lipinski definition) is 3. The lowest BCUT2D eigenvalue weighted by Crippen LogP contribution is -2.55. The lowest BCUT2D eigenvalue weighted by atomic mass is 9.86. The molecule has 2 aromatic rings. The Labute approximate surface area is 168 Å². The molecule has 1 aromatic heterocycles. The first-order valence-corrected chi connectivity index (χ1v) is 10.7. The number of fused-ring (bicyclic) bond motifs is 2. The van der Waals surface area contributed by atoms with Gasteiger partial charge in [-0.1, -0.05) is 6.42 Å². The van der Waals surface area contributed by atoms with Gasteiger partial charge >= 0.3 is 0 Å². The van der Waals surface area contributed by atoms with Gasteiger partial charge in [0.05, 0.1) is 12.1 Å². The van der Waals surface area contributed by atoms with Crippen LogP contribution in [0.4, 0.5) is 0 Å². The van der Waals surface area contributed by atoms with Gasteiger partial charge in [0.15, 0.2) is 0 Å². The molecule has 2 atom stereocenters. The van der Waals surface area contributed by atoms with Gasteiger partial charge in [-0.25, -0.2) is 0 Å². The second-order valence-corrected chi connectivity index (χ2v) is 8.68. The molecule has 0 spiro atoms. The number of benzene rings is 1. The molecule has 4 rings (SSSR count). The minimum atomic E-state index is -0.105. The molecule has 1 N–H and O–H groups in total. The van der Waals surface area contributed by atoms with Crippen LogP contribution in [-0.4, -0.2) is 40.1 Å². The van der Waals surface area contributed by atoms with E-state index in [0.29, 0.717) is 19.1 Å². The minimum Gasteiger partial charge on any atom is -0.494 e. The van der Waals surface area contributed by atoms with Crippen molar-refractivity contribution in [2.45, 2.75) is 71.0 Å². The van der Waals surface area contributed by atoms with Gasteiger partial charge in [0.2, 0.25) is 5.91 Å². The van der Waals surface area contributed by atoms with E-state index in [9.17, 15) is 4.79 Å². The molecule has 152 valence electrons. The molecule has 2 saturated heterocycles. The van der Waals surface area contributed by atoms with Crippen LogP contribution in [-0.2, 0) is 18.4 Å². The Morgan fingerprint density at radius 1 is 1.32 bits per heavy atom. The van der Waals surface area contributed by atoms with Crippen LogP contribution >= 0.6 is 0 Å². The molecule has 0 aliphatic carbocycles. The quantitative estimate of drug-likeness (QED) is 0.871. The van der Waals surface area contributed by atoms with Gasteiger partial charge in [-0.2, -0.15) is 0 Å². The van der Waals surface area contributed by atoms with Gasteiger partial charge in [-0.3, -0.25) is 9.69 Å². The number of amides is 1. The molecule has 0 saturated carbocycles. The molecule has 5 nitrogen and oxygen atoms in total. The van der Waals surface area contributed by atoms with E-state index in [1.807, 2.05) is 6.92 Å². The maximum atomic E-state index is 12.2. The minimum absolute atomic E-state index is 0.105. The zero-order chi connectivity index (χ0) is 19.9. The molecule has 0 bridgehead atoms. The number of hydrogen-bond donors (Lipinski definition) is 1. The summed E-state index contributed by atoms with van der Waals surface area (Å²) in [4.78, 5) is 14.8. The van der Waals surface area contributed by atoms with Crippen molar-refractivity contribution < 1.29 is 9.53 Å². The van der Waals surface area contributed by atoms with Gasteiger partial charge in [-0.05, 0) is 63.8 Å². The van der Waals surface area contributed by atoms with E-state index in [2.05, 4.69) is 53.9 Å². The largest absolute Gasteiger partial charge is 0.494 e. The molecule has 28 heavy (non-hydrogen) atoms. The Morgan fingerprint density at radius 2 is 2.14 bits per heavy atom. The third-order valence-electron chi connectivity index (χ3n) is 6.92. The number of aromatic nitrogens is 1. The zero-order valence-electron chi connectivity index (χ0n) is 17.7. The summed E-state index contributed by atoms with van der Waals surface area (Å²) < 4.78 is 8.05. The van der Waals surface area contributed by atoms with Crippen molar-refractivity contribution in [3.05, 3.63) is 29.5 Å². The number of likely N-dealkylation sites (tertiary alicyclic amines) is 1. The molecule has 5 heteroatoms. The normalized spacial score (nSPS) is 26.0. The fraction of sp³-hybridized carbons (Fsp3) is 0.609. The Balaban J connectivity index is 1.67. The first kappa shape index (κ1) is 19.3. The fourth-order valence-electron chi connectivity index (χ4n) is 5.23. The van der Waals surface area contributed by atoms with Crippen LogP contribution in [0.5, 0.6) is 5.75 Å². The van der Waals surface area contributed by atoms with Crippen LogP contribution in [0, 0.1) is 6.92 Å². The lowest BCUT2D eigenvalue weighted by Gasteiger charge is -2.38. The number of aryl methyl sites for hydroxylation is 1. The van der Waals surface area contributed by atoms with Gasteiger partial charge in [0.25, 0.3) is 0 Å². The summed E-state index contributed by atoms with van der Waals surface area (Å²) in [7, 11) is 2.14. The molecule has 0 unspecified atom stereocenters. The highest BCUT2D eigenvalue weighted by atomic mass is 16.5. The summed E-state index contributed by atoms with van der Waals surface area (Å²) in [5, 5.41) is 4.64. The van der Waals surface area contributed by atoms with E-state index < -0.39 is 0 Å². The highest BCUT2D eigenvalue weighted by Gasteiger charge is 2.45. The van der Waals surface area contributed by atoms with Crippen LogP contribution in [0.1, 0.15) is 57.2 Å².